The minimum absolute atomic E-state index is 0.00544. The van der Waals surface area contributed by atoms with E-state index in [2.05, 4.69) is 20.5 Å². The Kier molecular flexibility index (Phi) is 9.07. The number of hydrogen-bond donors (Lipinski definition) is 3. The number of amides is 1. The maximum Gasteiger partial charge on any atom is 0.221 e. The number of benzene rings is 1. The predicted molar refractivity (Wildman–Crippen MR) is 114 cm³/mol. The third kappa shape index (κ3) is 7.38. The molecule has 1 aromatic rings. The van der Waals surface area contributed by atoms with Crippen molar-refractivity contribution in [1.29, 1.82) is 0 Å². The molecule has 1 aromatic carbocycles. The van der Waals surface area contributed by atoms with Gasteiger partial charge in [0.1, 0.15) is 11.9 Å². The Bertz CT molecular complexity index is 649. The third-order valence-corrected chi connectivity index (χ3v) is 5.05. The van der Waals surface area contributed by atoms with E-state index in [1.165, 1.54) is 0 Å². The number of aliphatic imine (C=N–C) groups is 1. The Morgan fingerprint density at radius 2 is 2.18 bits per heavy atom. The number of nitrogens with zero attached hydrogens (tertiary/aromatic N) is 2. The van der Waals surface area contributed by atoms with Gasteiger partial charge in [-0.25, -0.2) is 0 Å². The number of nitrogens with two attached hydrogens (primary N) is 1. The second kappa shape index (κ2) is 11.5. The van der Waals surface area contributed by atoms with Gasteiger partial charge in [-0.15, -0.1) is 0 Å². The summed E-state index contributed by atoms with van der Waals surface area (Å²) >= 11 is 0. The average Bonchev–Trinajstić information content (AvgIpc) is 2.69. The second-order valence-corrected chi connectivity index (χ2v) is 7.47. The summed E-state index contributed by atoms with van der Waals surface area (Å²) in [6.07, 6.45) is 2.98. The van der Waals surface area contributed by atoms with Gasteiger partial charge in [0.05, 0.1) is 12.5 Å². The number of hydrogen-bond acceptors (Lipinski definition) is 4. The Morgan fingerprint density at radius 1 is 1.39 bits per heavy atom. The molecule has 2 rings (SSSR count). The van der Waals surface area contributed by atoms with Crippen molar-refractivity contribution in [3.63, 3.8) is 0 Å². The molecule has 7 nitrogen and oxygen atoms in total. The van der Waals surface area contributed by atoms with E-state index in [1.807, 2.05) is 38.1 Å². The number of para-hydroxylation sites is 1. The second-order valence-electron chi connectivity index (χ2n) is 7.47. The number of carbonyl (C=O) groups excluding carboxylic acids is 1. The van der Waals surface area contributed by atoms with Crippen molar-refractivity contribution in [2.45, 2.75) is 39.2 Å². The first-order valence-electron chi connectivity index (χ1n) is 10.2. The average molecular weight is 390 g/mol. The highest BCUT2D eigenvalue weighted by atomic mass is 16.5. The van der Waals surface area contributed by atoms with E-state index in [1.54, 1.807) is 7.05 Å². The highest BCUT2D eigenvalue weighted by molar-refractivity contribution is 5.79. The summed E-state index contributed by atoms with van der Waals surface area (Å²) in [6.45, 7) is 8.37. The van der Waals surface area contributed by atoms with Crippen LogP contribution in [0.25, 0.3) is 0 Å². The normalized spacial score (nSPS) is 19.1. The molecule has 156 valence electrons. The van der Waals surface area contributed by atoms with Crippen LogP contribution in [-0.2, 0) is 4.79 Å². The lowest BCUT2D eigenvalue weighted by Crippen LogP contribution is -2.44. The van der Waals surface area contributed by atoms with Gasteiger partial charge >= 0.3 is 0 Å². The summed E-state index contributed by atoms with van der Waals surface area (Å²) in [5, 5.41) is 6.65. The summed E-state index contributed by atoms with van der Waals surface area (Å²) in [4.78, 5) is 18.0. The monoisotopic (exact) mass is 389 g/mol. The van der Waals surface area contributed by atoms with Crippen LogP contribution in [0.2, 0.25) is 0 Å². The summed E-state index contributed by atoms with van der Waals surface area (Å²) in [6, 6.07) is 8.03. The smallest absolute Gasteiger partial charge is 0.221 e. The van der Waals surface area contributed by atoms with Gasteiger partial charge in [-0.3, -0.25) is 9.79 Å². The van der Waals surface area contributed by atoms with Crippen LogP contribution >= 0.6 is 0 Å². The van der Waals surface area contributed by atoms with Gasteiger partial charge in [0.25, 0.3) is 0 Å². The van der Waals surface area contributed by atoms with E-state index >= 15 is 0 Å². The minimum atomic E-state index is -0.172. The lowest BCUT2D eigenvalue weighted by atomic mass is 9.97. The first-order chi connectivity index (χ1) is 13.5. The zero-order valence-corrected chi connectivity index (χ0v) is 17.4. The predicted octanol–water partition coefficient (Wildman–Crippen LogP) is 1.51. The van der Waals surface area contributed by atoms with Gasteiger partial charge in [-0.05, 0) is 57.8 Å². The fourth-order valence-electron chi connectivity index (χ4n) is 3.41. The van der Waals surface area contributed by atoms with Gasteiger partial charge in [-0.2, -0.15) is 0 Å². The van der Waals surface area contributed by atoms with Gasteiger partial charge in [0.2, 0.25) is 5.91 Å². The third-order valence-electron chi connectivity index (χ3n) is 5.05. The van der Waals surface area contributed by atoms with Crippen LogP contribution in [0.1, 0.15) is 31.7 Å². The van der Waals surface area contributed by atoms with E-state index in [4.69, 9.17) is 10.5 Å². The molecular formula is C21H35N5O2. The van der Waals surface area contributed by atoms with Crippen LogP contribution in [0.3, 0.4) is 0 Å². The van der Waals surface area contributed by atoms with E-state index < -0.39 is 0 Å². The van der Waals surface area contributed by atoms with Crippen molar-refractivity contribution in [1.82, 2.24) is 15.5 Å². The molecule has 7 heteroatoms. The maximum absolute atomic E-state index is 11.4. The molecule has 0 aliphatic carbocycles. The standard InChI is InChI=1S/C21H35N5O2/c1-16-8-4-5-10-19(16)28-17(2)14-25-21(23-3)24-11-7-13-26-12-6-9-18(15-26)20(22)27/h4-5,8,10,17-18H,6-7,9,11-15H2,1-3H3,(H2,22,27)(H2,23,24,25). The molecule has 0 saturated carbocycles. The number of carbonyl (C=O) groups is 1. The van der Waals surface area contributed by atoms with E-state index in [0.29, 0.717) is 6.54 Å². The highest BCUT2D eigenvalue weighted by Crippen LogP contribution is 2.17. The van der Waals surface area contributed by atoms with Crippen LogP contribution in [0.4, 0.5) is 0 Å². The summed E-state index contributed by atoms with van der Waals surface area (Å²) in [5.41, 5.74) is 6.58. The van der Waals surface area contributed by atoms with Gasteiger partial charge in [0.15, 0.2) is 5.96 Å². The lowest BCUT2D eigenvalue weighted by molar-refractivity contribution is -0.123. The topological polar surface area (TPSA) is 92.0 Å². The molecular weight excluding hydrogens is 354 g/mol. The van der Waals surface area contributed by atoms with Crippen molar-refractivity contribution in [3.8, 4) is 5.75 Å². The number of ether oxygens (including phenoxy) is 1. The number of guanidine groups is 1. The zero-order chi connectivity index (χ0) is 20.4. The Labute approximate surface area is 168 Å². The van der Waals surface area contributed by atoms with Crippen LogP contribution in [0.15, 0.2) is 29.3 Å². The van der Waals surface area contributed by atoms with Gasteiger partial charge in [0, 0.05) is 20.1 Å². The highest BCUT2D eigenvalue weighted by Gasteiger charge is 2.23. The Morgan fingerprint density at radius 3 is 2.89 bits per heavy atom. The molecule has 2 atom stereocenters. The fourth-order valence-corrected chi connectivity index (χ4v) is 3.41. The minimum Gasteiger partial charge on any atom is -0.489 e. The number of likely N-dealkylation sites (tertiary alicyclic amines) is 1. The fraction of sp³-hybridized carbons (Fsp3) is 0.619. The molecule has 0 aromatic heterocycles. The molecule has 0 bridgehead atoms. The van der Waals surface area contributed by atoms with Crippen molar-refractivity contribution >= 4 is 11.9 Å². The van der Waals surface area contributed by atoms with Crippen molar-refractivity contribution in [2.75, 3.05) is 39.8 Å². The molecule has 28 heavy (non-hydrogen) atoms. The lowest BCUT2D eigenvalue weighted by Gasteiger charge is -2.31. The summed E-state index contributed by atoms with van der Waals surface area (Å²) in [5.74, 6) is 1.52. The molecule has 2 unspecified atom stereocenters. The van der Waals surface area contributed by atoms with Crippen molar-refractivity contribution < 1.29 is 9.53 Å². The summed E-state index contributed by atoms with van der Waals surface area (Å²) in [7, 11) is 1.77. The van der Waals surface area contributed by atoms with Crippen LogP contribution < -0.4 is 21.1 Å². The quantitative estimate of drug-likeness (QED) is 0.338. The number of piperidine rings is 1. The number of nitrogens with one attached hydrogen (secondary N) is 2. The summed E-state index contributed by atoms with van der Waals surface area (Å²) < 4.78 is 5.98. The molecule has 1 heterocycles. The van der Waals surface area contributed by atoms with Crippen LogP contribution in [-0.4, -0.2) is 62.6 Å². The van der Waals surface area contributed by atoms with Crippen LogP contribution in [0.5, 0.6) is 5.75 Å². The zero-order valence-electron chi connectivity index (χ0n) is 17.4. The first-order valence-corrected chi connectivity index (χ1v) is 10.2. The molecule has 1 saturated heterocycles. The first kappa shape index (κ1) is 22.0. The molecule has 1 fully saturated rings. The number of primary amides is 1. The SMILES string of the molecule is CN=C(NCCCN1CCCC(C(N)=O)C1)NCC(C)Oc1ccccc1C. The van der Waals surface area contributed by atoms with E-state index in [9.17, 15) is 4.79 Å². The molecule has 0 radical (unpaired) electrons. The Balaban J connectivity index is 1.63. The molecule has 0 spiro atoms. The van der Waals surface area contributed by atoms with Crippen molar-refractivity contribution in [2.24, 2.45) is 16.6 Å². The molecule has 1 aliphatic rings. The largest absolute Gasteiger partial charge is 0.489 e. The molecule has 1 aliphatic heterocycles. The molecule has 4 N–H and O–H groups in total. The maximum atomic E-state index is 11.4. The van der Waals surface area contributed by atoms with Crippen molar-refractivity contribution in [3.05, 3.63) is 29.8 Å². The molecule has 1 amide bonds. The Hall–Kier alpha value is -2.28. The number of rotatable bonds is 9. The van der Waals surface area contributed by atoms with Gasteiger partial charge in [-0.1, -0.05) is 18.2 Å². The van der Waals surface area contributed by atoms with Gasteiger partial charge < -0.3 is 26.0 Å². The van der Waals surface area contributed by atoms with E-state index in [0.717, 1.165) is 62.7 Å². The van der Waals surface area contributed by atoms with Crippen LogP contribution in [0, 0.1) is 12.8 Å². The number of aryl methyl sites for hydroxylation is 1. The van der Waals surface area contributed by atoms with E-state index in [-0.39, 0.29) is 17.9 Å².